The summed E-state index contributed by atoms with van der Waals surface area (Å²) in [5.74, 6) is -0.133. The number of aromatic nitrogens is 3. The molecule has 18 heavy (non-hydrogen) atoms. The second-order valence-corrected chi connectivity index (χ2v) is 3.92. The van der Waals surface area contributed by atoms with Gasteiger partial charge in [-0.15, -0.1) is 5.10 Å². The monoisotopic (exact) mass is 245 g/mol. The molecule has 1 heterocycles. The first-order valence-electron chi connectivity index (χ1n) is 5.67. The molecule has 0 saturated heterocycles. The summed E-state index contributed by atoms with van der Waals surface area (Å²) in [6.45, 7) is 0.555. The van der Waals surface area contributed by atoms with Crippen molar-refractivity contribution in [2.24, 2.45) is 5.73 Å². The van der Waals surface area contributed by atoms with E-state index >= 15 is 0 Å². The summed E-state index contributed by atoms with van der Waals surface area (Å²) < 4.78 is 1.46. The van der Waals surface area contributed by atoms with E-state index in [1.807, 2.05) is 30.3 Å². The van der Waals surface area contributed by atoms with Crippen molar-refractivity contribution >= 4 is 5.91 Å². The van der Waals surface area contributed by atoms with Crippen molar-refractivity contribution < 1.29 is 4.79 Å². The molecule has 6 nitrogen and oxygen atoms in total. The quantitative estimate of drug-likeness (QED) is 0.782. The summed E-state index contributed by atoms with van der Waals surface area (Å²) >= 11 is 0. The number of rotatable bonds is 5. The average Bonchev–Trinajstić information content (AvgIpc) is 2.90. The number of nitrogens with zero attached hydrogens (tertiary/aromatic N) is 3. The van der Waals surface area contributed by atoms with Crippen LogP contribution >= 0.6 is 0 Å². The van der Waals surface area contributed by atoms with Gasteiger partial charge in [0.05, 0.1) is 6.20 Å². The largest absolute Gasteiger partial charge is 0.353 e. The van der Waals surface area contributed by atoms with Crippen LogP contribution in [0.5, 0.6) is 0 Å². The van der Waals surface area contributed by atoms with Gasteiger partial charge in [0.15, 0.2) is 0 Å². The maximum absolute atomic E-state index is 11.6. The number of nitrogens with two attached hydrogens (primary N) is 1. The maximum Gasteiger partial charge on any atom is 0.241 e. The molecule has 6 heteroatoms. The summed E-state index contributed by atoms with van der Waals surface area (Å²) in [5.41, 5.74) is 6.97. The van der Waals surface area contributed by atoms with Crippen LogP contribution in [0.25, 0.3) is 0 Å². The lowest BCUT2D eigenvalue weighted by atomic mass is 10.1. The lowest BCUT2D eigenvalue weighted by molar-refractivity contribution is -0.121. The van der Waals surface area contributed by atoms with Gasteiger partial charge in [-0.3, -0.25) is 4.79 Å². The van der Waals surface area contributed by atoms with E-state index in [0.29, 0.717) is 6.54 Å². The normalized spacial score (nSPS) is 12.1. The molecular formula is C12H15N5O. The van der Waals surface area contributed by atoms with Gasteiger partial charge in [0.1, 0.15) is 6.54 Å². The molecule has 0 aliphatic carbocycles. The zero-order chi connectivity index (χ0) is 12.8. The molecule has 0 aliphatic rings. The van der Waals surface area contributed by atoms with Crippen molar-refractivity contribution in [3.63, 3.8) is 0 Å². The van der Waals surface area contributed by atoms with Crippen LogP contribution in [0, 0.1) is 0 Å². The zero-order valence-electron chi connectivity index (χ0n) is 9.86. The molecule has 1 atom stereocenters. The molecule has 2 rings (SSSR count). The Morgan fingerprint density at radius 1 is 1.39 bits per heavy atom. The predicted molar refractivity (Wildman–Crippen MR) is 66.4 cm³/mol. The fourth-order valence-electron chi connectivity index (χ4n) is 1.56. The highest BCUT2D eigenvalue weighted by Crippen LogP contribution is 2.07. The highest BCUT2D eigenvalue weighted by atomic mass is 16.2. The van der Waals surface area contributed by atoms with Crippen LogP contribution in [0.3, 0.4) is 0 Å². The smallest absolute Gasteiger partial charge is 0.241 e. The molecular weight excluding hydrogens is 230 g/mol. The standard InChI is InChI=1S/C12H15N5O/c13-11(10-4-2-1-3-5-10)8-14-12(18)9-17-7-6-15-16-17/h1-7,11H,8-9,13H2,(H,14,18). The van der Waals surface area contributed by atoms with E-state index < -0.39 is 0 Å². The van der Waals surface area contributed by atoms with Crippen LogP contribution in [0.2, 0.25) is 0 Å². The van der Waals surface area contributed by atoms with E-state index in [1.54, 1.807) is 6.20 Å². The molecule has 1 aromatic heterocycles. The molecule has 0 radical (unpaired) electrons. The fraction of sp³-hybridized carbons (Fsp3) is 0.250. The molecule has 1 unspecified atom stereocenters. The number of nitrogens with one attached hydrogen (secondary N) is 1. The second-order valence-electron chi connectivity index (χ2n) is 3.92. The average molecular weight is 245 g/mol. The summed E-state index contributed by atoms with van der Waals surface area (Å²) in [6.07, 6.45) is 3.17. The van der Waals surface area contributed by atoms with Gasteiger partial charge < -0.3 is 11.1 Å². The Morgan fingerprint density at radius 2 is 2.17 bits per heavy atom. The number of hydrogen-bond donors (Lipinski definition) is 2. The Hall–Kier alpha value is -2.21. The lowest BCUT2D eigenvalue weighted by Crippen LogP contribution is -2.34. The van der Waals surface area contributed by atoms with Gasteiger partial charge in [0.2, 0.25) is 5.91 Å². The number of hydrogen-bond acceptors (Lipinski definition) is 4. The van der Waals surface area contributed by atoms with Crippen molar-refractivity contribution in [3.05, 3.63) is 48.3 Å². The molecule has 0 spiro atoms. The van der Waals surface area contributed by atoms with Crippen molar-refractivity contribution in [1.82, 2.24) is 20.3 Å². The Balaban J connectivity index is 1.79. The molecule has 0 fully saturated rings. The minimum absolute atomic E-state index is 0.133. The molecule has 1 amide bonds. The summed E-state index contributed by atoms with van der Waals surface area (Å²) in [5, 5.41) is 10.1. The van der Waals surface area contributed by atoms with E-state index in [0.717, 1.165) is 5.56 Å². The third-order valence-corrected chi connectivity index (χ3v) is 2.52. The number of benzene rings is 1. The Labute approximate surface area is 105 Å². The van der Waals surface area contributed by atoms with Crippen LogP contribution in [-0.4, -0.2) is 27.4 Å². The zero-order valence-corrected chi connectivity index (χ0v) is 9.86. The van der Waals surface area contributed by atoms with E-state index in [-0.39, 0.29) is 18.5 Å². The first-order chi connectivity index (χ1) is 8.75. The molecule has 1 aromatic carbocycles. The van der Waals surface area contributed by atoms with Crippen molar-refractivity contribution in [1.29, 1.82) is 0 Å². The van der Waals surface area contributed by atoms with Gasteiger partial charge in [0.25, 0.3) is 0 Å². The second kappa shape index (κ2) is 5.92. The number of amides is 1. The van der Waals surface area contributed by atoms with Gasteiger partial charge in [-0.2, -0.15) is 0 Å². The van der Waals surface area contributed by atoms with E-state index in [1.165, 1.54) is 10.9 Å². The Morgan fingerprint density at radius 3 is 2.83 bits per heavy atom. The van der Waals surface area contributed by atoms with Gasteiger partial charge in [-0.05, 0) is 5.56 Å². The van der Waals surface area contributed by atoms with Gasteiger partial charge >= 0.3 is 0 Å². The van der Waals surface area contributed by atoms with Crippen LogP contribution in [-0.2, 0) is 11.3 Å². The van der Waals surface area contributed by atoms with Crippen molar-refractivity contribution in [3.8, 4) is 0 Å². The summed E-state index contributed by atoms with van der Waals surface area (Å²) in [7, 11) is 0. The van der Waals surface area contributed by atoms with Crippen LogP contribution in [0.1, 0.15) is 11.6 Å². The van der Waals surface area contributed by atoms with Crippen molar-refractivity contribution in [2.75, 3.05) is 6.54 Å². The minimum Gasteiger partial charge on any atom is -0.353 e. The molecule has 0 aliphatic heterocycles. The van der Waals surface area contributed by atoms with Crippen LogP contribution < -0.4 is 11.1 Å². The van der Waals surface area contributed by atoms with Gasteiger partial charge in [-0.25, -0.2) is 4.68 Å². The van der Waals surface area contributed by atoms with Gasteiger partial charge in [0, 0.05) is 18.8 Å². The first-order valence-corrected chi connectivity index (χ1v) is 5.67. The third-order valence-electron chi connectivity index (χ3n) is 2.52. The summed E-state index contributed by atoms with van der Waals surface area (Å²) in [4.78, 5) is 11.6. The van der Waals surface area contributed by atoms with E-state index in [4.69, 9.17) is 5.73 Å². The molecule has 0 bridgehead atoms. The highest BCUT2D eigenvalue weighted by molar-refractivity contribution is 5.75. The van der Waals surface area contributed by atoms with Gasteiger partial charge in [-0.1, -0.05) is 35.5 Å². The summed E-state index contributed by atoms with van der Waals surface area (Å²) in [6, 6.07) is 9.45. The molecule has 94 valence electrons. The number of carbonyl (C=O) groups is 1. The van der Waals surface area contributed by atoms with E-state index in [9.17, 15) is 4.79 Å². The first kappa shape index (κ1) is 12.3. The fourth-order valence-corrected chi connectivity index (χ4v) is 1.56. The van der Waals surface area contributed by atoms with Crippen LogP contribution in [0.15, 0.2) is 42.7 Å². The van der Waals surface area contributed by atoms with Crippen molar-refractivity contribution in [2.45, 2.75) is 12.6 Å². The minimum atomic E-state index is -0.203. The third kappa shape index (κ3) is 3.39. The predicted octanol–water partition coefficient (Wildman–Crippen LogP) is 0.0943. The van der Waals surface area contributed by atoms with E-state index in [2.05, 4.69) is 15.6 Å². The van der Waals surface area contributed by atoms with Crippen LogP contribution in [0.4, 0.5) is 0 Å². The highest BCUT2D eigenvalue weighted by Gasteiger charge is 2.08. The Kier molecular flexibility index (Phi) is 4.03. The topological polar surface area (TPSA) is 85.8 Å². The SMILES string of the molecule is NC(CNC(=O)Cn1ccnn1)c1ccccc1. The maximum atomic E-state index is 11.6. The lowest BCUT2D eigenvalue weighted by Gasteiger charge is -2.12. The molecule has 0 saturated carbocycles. The molecule has 3 N–H and O–H groups in total. The number of carbonyl (C=O) groups excluding carboxylic acids is 1. The Bertz CT molecular complexity index is 482. The molecule has 2 aromatic rings.